The summed E-state index contributed by atoms with van der Waals surface area (Å²) in [6, 6.07) is 7.74. The molecule has 6 heteroatoms. The first-order valence-electron chi connectivity index (χ1n) is 8.52. The number of aliphatic hydroxyl groups is 1. The van der Waals surface area contributed by atoms with Crippen molar-refractivity contribution in [3.8, 4) is 0 Å². The van der Waals surface area contributed by atoms with E-state index in [1.807, 2.05) is 30.5 Å². The number of nitrogens with zero attached hydrogens (tertiary/aromatic N) is 3. The monoisotopic (exact) mass is 326 g/mol. The fraction of sp³-hybridized carbons (Fsp3) is 0.500. The summed E-state index contributed by atoms with van der Waals surface area (Å²) in [5, 5.41) is 13.2. The fourth-order valence-electron chi connectivity index (χ4n) is 4.13. The largest absolute Gasteiger partial charge is 0.391 e. The summed E-state index contributed by atoms with van der Waals surface area (Å²) in [7, 11) is 0. The van der Waals surface area contributed by atoms with Crippen molar-refractivity contribution in [1.29, 1.82) is 0 Å². The molecular formula is C18H22N4O2. The summed E-state index contributed by atoms with van der Waals surface area (Å²) < 4.78 is 0. The summed E-state index contributed by atoms with van der Waals surface area (Å²) >= 11 is 0. The number of hydrogen-bond donors (Lipinski definition) is 2. The van der Waals surface area contributed by atoms with Gasteiger partial charge in [0.15, 0.2) is 0 Å². The van der Waals surface area contributed by atoms with Crippen molar-refractivity contribution < 1.29 is 9.90 Å². The maximum Gasteiger partial charge on any atom is 0.217 e. The molecule has 1 saturated carbocycles. The zero-order valence-corrected chi connectivity index (χ0v) is 13.7. The maximum atomic E-state index is 11.3. The molecule has 0 unspecified atom stereocenters. The lowest BCUT2D eigenvalue weighted by Gasteiger charge is -2.35. The Labute approximate surface area is 140 Å². The molecule has 0 spiro atoms. The van der Waals surface area contributed by atoms with Crippen LogP contribution in [0.3, 0.4) is 0 Å². The van der Waals surface area contributed by atoms with Crippen molar-refractivity contribution in [2.45, 2.75) is 31.9 Å². The number of benzene rings is 1. The molecule has 1 amide bonds. The molecule has 2 fully saturated rings. The van der Waals surface area contributed by atoms with E-state index in [9.17, 15) is 9.90 Å². The Balaban J connectivity index is 1.52. The van der Waals surface area contributed by atoms with Gasteiger partial charge in [0, 0.05) is 20.0 Å². The van der Waals surface area contributed by atoms with Crippen LogP contribution < -0.4 is 10.2 Å². The third-order valence-corrected chi connectivity index (χ3v) is 5.29. The Morgan fingerprint density at radius 2 is 1.92 bits per heavy atom. The van der Waals surface area contributed by atoms with Gasteiger partial charge in [0.2, 0.25) is 5.91 Å². The van der Waals surface area contributed by atoms with Crippen LogP contribution in [0.25, 0.3) is 11.0 Å². The molecule has 0 bridgehead atoms. The van der Waals surface area contributed by atoms with E-state index in [1.54, 1.807) is 0 Å². The van der Waals surface area contributed by atoms with E-state index >= 15 is 0 Å². The highest BCUT2D eigenvalue weighted by atomic mass is 16.3. The Morgan fingerprint density at radius 1 is 1.21 bits per heavy atom. The van der Waals surface area contributed by atoms with Crippen LogP contribution in [0.15, 0.2) is 30.5 Å². The third-order valence-electron chi connectivity index (χ3n) is 5.29. The summed E-state index contributed by atoms with van der Waals surface area (Å²) in [6.07, 6.45) is 2.93. The minimum absolute atomic E-state index is 0.0762. The second-order valence-electron chi connectivity index (χ2n) is 6.99. The number of amides is 1. The number of anilines is 1. The molecule has 1 aromatic carbocycles. The normalized spacial score (nSPS) is 29.5. The average molecular weight is 326 g/mol. The van der Waals surface area contributed by atoms with E-state index in [2.05, 4.69) is 15.2 Å². The van der Waals surface area contributed by atoms with Crippen LogP contribution >= 0.6 is 0 Å². The lowest BCUT2D eigenvalue weighted by molar-refractivity contribution is -0.121. The molecule has 2 aromatic rings. The van der Waals surface area contributed by atoms with Crippen LogP contribution in [-0.2, 0) is 4.79 Å². The molecule has 2 aliphatic rings. The number of nitrogens with one attached hydrogen (secondary N) is 1. The standard InChI is InChI=1S/C18H22N4O2/c1-11(23)20-16-6-12-9-22(10-13(12)7-17(16)24)18-8-19-14-4-2-3-5-15(14)21-18/h2-5,8,12-13,16-17,24H,6-7,9-10H2,1H3,(H,20,23)/t12-,13+,16-,17-/m1/s1. The van der Waals surface area contributed by atoms with E-state index in [1.165, 1.54) is 6.92 Å². The van der Waals surface area contributed by atoms with Crippen molar-refractivity contribution >= 4 is 22.8 Å². The first kappa shape index (κ1) is 15.3. The Bertz CT molecular complexity index is 766. The van der Waals surface area contributed by atoms with Gasteiger partial charge in [-0.25, -0.2) is 4.98 Å². The van der Waals surface area contributed by atoms with E-state index in [0.29, 0.717) is 11.8 Å². The number of carbonyl (C=O) groups excluding carboxylic acids is 1. The lowest BCUT2D eigenvalue weighted by atomic mass is 9.77. The molecule has 2 heterocycles. The van der Waals surface area contributed by atoms with Crippen molar-refractivity contribution in [2.75, 3.05) is 18.0 Å². The maximum absolute atomic E-state index is 11.3. The topological polar surface area (TPSA) is 78.4 Å². The zero-order valence-electron chi connectivity index (χ0n) is 13.7. The summed E-state index contributed by atoms with van der Waals surface area (Å²) in [4.78, 5) is 22.8. The van der Waals surface area contributed by atoms with E-state index in [4.69, 9.17) is 4.98 Å². The molecule has 2 N–H and O–H groups in total. The fourth-order valence-corrected chi connectivity index (χ4v) is 4.13. The smallest absolute Gasteiger partial charge is 0.217 e. The van der Waals surface area contributed by atoms with Crippen molar-refractivity contribution in [1.82, 2.24) is 15.3 Å². The van der Waals surface area contributed by atoms with Gasteiger partial charge in [-0.2, -0.15) is 0 Å². The highest BCUT2D eigenvalue weighted by Crippen LogP contribution is 2.38. The molecule has 1 aliphatic heterocycles. The predicted molar refractivity (Wildman–Crippen MR) is 91.6 cm³/mol. The minimum Gasteiger partial charge on any atom is -0.391 e. The molecule has 4 atom stereocenters. The van der Waals surface area contributed by atoms with E-state index in [0.717, 1.165) is 42.8 Å². The second kappa shape index (κ2) is 6.02. The molecule has 1 aliphatic carbocycles. The number of fused-ring (bicyclic) bond motifs is 2. The Morgan fingerprint density at radius 3 is 2.67 bits per heavy atom. The van der Waals surface area contributed by atoms with Gasteiger partial charge < -0.3 is 15.3 Å². The number of rotatable bonds is 2. The van der Waals surface area contributed by atoms with Crippen LogP contribution in [0, 0.1) is 11.8 Å². The van der Waals surface area contributed by atoms with Gasteiger partial charge in [-0.15, -0.1) is 0 Å². The predicted octanol–water partition coefficient (Wildman–Crippen LogP) is 1.34. The summed E-state index contributed by atoms with van der Waals surface area (Å²) in [5.74, 6) is 1.73. The van der Waals surface area contributed by atoms with Gasteiger partial charge in [0.1, 0.15) is 5.82 Å². The molecule has 0 radical (unpaired) electrons. The average Bonchev–Trinajstić information content (AvgIpc) is 2.97. The van der Waals surface area contributed by atoms with Crippen LogP contribution in [0.1, 0.15) is 19.8 Å². The number of para-hydroxylation sites is 2. The number of carbonyl (C=O) groups is 1. The van der Waals surface area contributed by atoms with Crippen molar-refractivity contribution in [3.63, 3.8) is 0 Å². The quantitative estimate of drug-likeness (QED) is 0.871. The van der Waals surface area contributed by atoms with Gasteiger partial charge >= 0.3 is 0 Å². The molecule has 6 nitrogen and oxygen atoms in total. The summed E-state index contributed by atoms with van der Waals surface area (Å²) in [5.41, 5.74) is 1.81. The molecule has 1 aromatic heterocycles. The van der Waals surface area contributed by atoms with Gasteiger partial charge in [0.05, 0.1) is 29.4 Å². The first-order valence-corrected chi connectivity index (χ1v) is 8.52. The van der Waals surface area contributed by atoms with Crippen LogP contribution in [0.2, 0.25) is 0 Å². The van der Waals surface area contributed by atoms with Crippen LogP contribution in [0.4, 0.5) is 5.82 Å². The molecular weight excluding hydrogens is 304 g/mol. The number of aliphatic hydroxyl groups excluding tert-OH is 1. The van der Waals surface area contributed by atoms with Crippen molar-refractivity contribution in [3.05, 3.63) is 30.5 Å². The minimum atomic E-state index is -0.460. The molecule has 24 heavy (non-hydrogen) atoms. The summed E-state index contributed by atoms with van der Waals surface area (Å²) in [6.45, 7) is 3.30. The lowest BCUT2D eigenvalue weighted by Crippen LogP contribution is -2.48. The number of aromatic nitrogens is 2. The highest BCUT2D eigenvalue weighted by molar-refractivity contribution is 5.75. The van der Waals surface area contributed by atoms with Gasteiger partial charge in [-0.3, -0.25) is 9.78 Å². The van der Waals surface area contributed by atoms with Gasteiger partial charge in [0.25, 0.3) is 0 Å². The first-order chi connectivity index (χ1) is 11.6. The van der Waals surface area contributed by atoms with Crippen LogP contribution in [-0.4, -0.2) is 46.2 Å². The molecule has 1 saturated heterocycles. The van der Waals surface area contributed by atoms with Crippen molar-refractivity contribution in [2.24, 2.45) is 11.8 Å². The molecule has 4 rings (SSSR count). The van der Waals surface area contributed by atoms with E-state index < -0.39 is 6.10 Å². The third kappa shape index (κ3) is 2.82. The van der Waals surface area contributed by atoms with Gasteiger partial charge in [-0.1, -0.05) is 12.1 Å². The Hall–Kier alpha value is -2.21. The highest BCUT2D eigenvalue weighted by Gasteiger charge is 2.42. The molecule has 126 valence electrons. The van der Waals surface area contributed by atoms with Gasteiger partial charge in [-0.05, 0) is 36.8 Å². The van der Waals surface area contributed by atoms with E-state index in [-0.39, 0.29) is 11.9 Å². The SMILES string of the molecule is CC(=O)N[C@@H]1C[C@@H]2CN(c3cnc4ccccc4n3)C[C@@H]2C[C@H]1O. The number of hydrogen-bond acceptors (Lipinski definition) is 5. The zero-order chi connectivity index (χ0) is 16.7. The Kier molecular flexibility index (Phi) is 3.84. The van der Waals surface area contributed by atoms with Crippen LogP contribution in [0.5, 0.6) is 0 Å². The second-order valence-corrected chi connectivity index (χ2v) is 6.99.